The summed E-state index contributed by atoms with van der Waals surface area (Å²) in [5.74, 6) is -0.716. The van der Waals surface area contributed by atoms with Crippen molar-refractivity contribution in [3.05, 3.63) is 12.7 Å². The van der Waals surface area contributed by atoms with Crippen molar-refractivity contribution < 1.29 is 71.7 Å². The number of nitrogens with two attached hydrogens (primary N) is 1. The fourth-order valence-electron chi connectivity index (χ4n) is 3.95. The Bertz CT molecular complexity index is 1390. The third-order valence-electron chi connectivity index (χ3n) is 6.18. The predicted molar refractivity (Wildman–Crippen MR) is 135 cm³/mol. The third kappa shape index (κ3) is 7.13. The lowest BCUT2D eigenvalue weighted by Crippen LogP contribution is -2.40. The SMILES string of the molecule is CC(C)(C)C(=O)O[C@@H]1C(O)O[C@@H](COP(=O)(O)OP(=O)(O)OC[C@H]2O[C@@H](n3cnc4c(N)ncnc43)[C@H](O)[C@@H]2O)[C@@H]1O. The monoisotopic (exact) mass is 643 g/mol. The molecule has 10 atom stereocenters. The third-order valence-corrected chi connectivity index (χ3v) is 8.78. The molecule has 0 saturated carbocycles. The van der Waals surface area contributed by atoms with E-state index in [2.05, 4.69) is 28.3 Å². The van der Waals surface area contributed by atoms with Gasteiger partial charge in [0, 0.05) is 0 Å². The van der Waals surface area contributed by atoms with Gasteiger partial charge in [-0.3, -0.25) is 18.4 Å². The zero-order valence-electron chi connectivity index (χ0n) is 22.3. The second-order valence-electron chi connectivity index (χ2n) is 10.4. The van der Waals surface area contributed by atoms with Crippen LogP contribution in [0.25, 0.3) is 11.2 Å². The highest BCUT2D eigenvalue weighted by atomic mass is 31.3. The summed E-state index contributed by atoms with van der Waals surface area (Å²) in [4.78, 5) is 43.8. The molecule has 3 unspecified atom stereocenters. The van der Waals surface area contributed by atoms with Crippen molar-refractivity contribution in [1.82, 2.24) is 19.5 Å². The largest absolute Gasteiger partial charge is 0.481 e. The topological polar surface area (TPSA) is 298 Å². The van der Waals surface area contributed by atoms with Crippen LogP contribution in [0, 0.1) is 5.41 Å². The van der Waals surface area contributed by atoms with E-state index in [1.807, 2.05) is 0 Å². The Balaban J connectivity index is 1.30. The molecule has 0 bridgehead atoms. The van der Waals surface area contributed by atoms with Crippen molar-refractivity contribution in [3.63, 3.8) is 0 Å². The van der Waals surface area contributed by atoms with Crippen molar-refractivity contribution in [2.24, 2.45) is 5.41 Å². The fourth-order valence-corrected chi connectivity index (χ4v) is 6.04. The van der Waals surface area contributed by atoms with E-state index in [0.29, 0.717) is 0 Å². The number of anilines is 1. The minimum atomic E-state index is -5.37. The lowest BCUT2D eigenvalue weighted by Gasteiger charge is -2.23. The molecule has 4 heterocycles. The van der Waals surface area contributed by atoms with E-state index in [9.17, 15) is 44.1 Å². The van der Waals surface area contributed by atoms with Gasteiger partial charge < -0.3 is 50.2 Å². The summed E-state index contributed by atoms with van der Waals surface area (Å²) in [6.07, 6.45) is -10.1. The summed E-state index contributed by atoms with van der Waals surface area (Å²) in [6, 6.07) is 0. The van der Waals surface area contributed by atoms with Gasteiger partial charge in [-0.2, -0.15) is 4.31 Å². The Morgan fingerprint density at radius 2 is 1.57 bits per heavy atom. The van der Waals surface area contributed by atoms with E-state index in [0.717, 1.165) is 6.33 Å². The molecule has 0 amide bonds. The van der Waals surface area contributed by atoms with Crippen LogP contribution in [-0.2, 0) is 41.5 Å². The van der Waals surface area contributed by atoms with Crippen molar-refractivity contribution in [2.75, 3.05) is 18.9 Å². The van der Waals surface area contributed by atoms with Crippen molar-refractivity contribution in [1.29, 1.82) is 0 Å². The average Bonchev–Trinajstić information content (AvgIpc) is 3.51. The van der Waals surface area contributed by atoms with Gasteiger partial charge in [-0.05, 0) is 20.8 Å². The van der Waals surface area contributed by atoms with Crippen LogP contribution in [0.5, 0.6) is 0 Å². The summed E-state index contributed by atoms with van der Waals surface area (Å²) < 4.78 is 55.0. The number of ether oxygens (including phenoxy) is 3. The van der Waals surface area contributed by atoms with Gasteiger partial charge in [-0.25, -0.2) is 24.1 Å². The summed E-state index contributed by atoms with van der Waals surface area (Å²) in [5.41, 5.74) is 5.12. The van der Waals surface area contributed by atoms with Crippen LogP contribution < -0.4 is 5.73 Å². The highest BCUT2D eigenvalue weighted by Crippen LogP contribution is 2.60. The molecule has 22 heteroatoms. The van der Waals surface area contributed by atoms with Crippen LogP contribution in [0.3, 0.4) is 0 Å². The zero-order chi connectivity index (χ0) is 31.2. The van der Waals surface area contributed by atoms with Crippen molar-refractivity contribution in [3.8, 4) is 0 Å². The zero-order valence-corrected chi connectivity index (χ0v) is 24.1. The van der Waals surface area contributed by atoms with Crippen LogP contribution in [0.15, 0.2) is 12.7 Å². The minimum Gasteiger partial charge on any atom is -0.454 e. The van der Waals surface area contributed by atoms with Gasteiger partial charge in [0.25, 0.3) is 0 Å². The number of nitrogen functional groups attached to an aromatic ring is 1. The number of nitrogens with zero attached hydrogens (tertiary/aromatic N) is 4. The number of rotatable bonds is 10. The number of hydrogen-bond donors (Lipinski definition) is 7. The molecule has 0 aromatic carbocycles. The van der Waals surface area contributed by atoms with Crippen LogP contribution in [0.4, 0.5) is 5.82 Å². The molecule has 2 saturated heterocycles. The first-order chi connectivity index (χ1) is 19.4. The number of hydrogen-bond acceptors (Lipinski definition) is 17. The Labute approximate surface area is 237 Å². The molecule has 236 valence electrons. The summed E-state index contributed by atoms with van der Waals surface area (Å²) in [6.45, 7) is 2.76. The molecule has 0 spiro atoms. The maximum atomic E-state index is 12.4. The lowest BCUT2D eigenvalue weighted by molar-refractivity contribution is -0.180. The van der Waals surface area contributed by atoms with Crippen molar-refractivity contribution in [2.45, 2.75) is 69.9 Å². The Kier molecular flexibility index (Phi) is 9.42. The number of esters is 1. The number of carbonyl (C=O) groups excluding carboxylic acids is 1. The van der Waals surface area contributed by atoms with E-state index < -0.39 is 89.4 Å². The number of aliphatic hydroxyl groups excluding tert-OH is 4. The van der Waals surface area contributed by atoms with Gasteiger partial charge >= 0.3 is 21.6 Å². The molecule has 0 aliphatic carbocycles. The molecule has 20 nitrogen and oxygen atoms in total. The molecule has 2 aliphatic heterocycles. The van der Waals surface area contributed by atoms with Crippen LogP contribution in [-0.4, -0.2) is 112 Å². The maximum absolute atomic E-state index is 12.4. The molecule has 2 aliphatic rings. The van der Waals surface area contributed by atoms with Gasteiger partial charge in [0.1, 0.15) is 42.4 Å². The van der Waals surface area contributed by atoms with Crippen molar-refractivity contribution >= 4 is 38.6 Å². The van der Waals surface area contributed by atoms with Gasteiger partial charge in [-0.15, -0.1) is 0 Å². The van der Waals surface area contributed by atoms with E-state index in [1.165, 1.54) is 31.7 Å². The number of phosphoric ester groups is 2. The highest BCUT2D eigenvalue weighted by Gasteiger charge is 2.49. The fraction of sp³-hybridized carbons (Fsp3) is 0.700. The van der Waals surface area contributed by atoms with E-state index in [1.54, 1.807) is 0 Å². The molecule has 2 fully saturated rings. The quantitative estimate of drug-likeness (QED) is 0.112. The van der Waals surface area contributed by atoms with Gasteiger partial charge in [0.2, 0.25) is 0 Å². The van der Waals surface area contributed by atoms with Gasteiger partial charge in [-0.1, -0.05) is 0 Å². The first-order valence-corrected chi connectivity index (χ1v) is 15.2. The molecule has 42 heavy (non-hydrogen) atoms. The number of aromatic nitrogens is 4. The number of imidazole rings is 1. The van der Waals surface area contributed by atoms with E-state index in [-0.39, 0.29) is 17.0 Å². The number of carbonyl (C=O) groups is 1. The molecule has 2 aromatic rings. The second-order valence-corrected chi connectivity index (χ2v) is 13.5. The molecule has 8 N–H and O–H groups in total. The Morgan fingerprint density at radius 3 is 2.17 bits per heavy atom. The lowest BCUT2D eigenvalue weighted by atomic mass is 9.97. The standard InChI is InChI=1S/C20H31N5O15P2/c1-20(2,3)19(30)39-14-12(27)9(38-18(14)29)5-36-42(33,34)40-41(31,32)35-4-8-11(26)13(28)17(37-8)25-7-24-10-15(21)22-6-23-16(10)25/h6-9,11-14,17-18,26-29H,4-5H2,1-3H3,(H,31,32)(H,33,34)(H2,21,22,23)/t8-,9+,11-,12+,13-,14+,17-,18?/m1/s1. The molecule has 4 rings (SSSR count). The maximum Gasteiger partial charge on any atom is 0.481 e. The van der Waals surface area contributed by atoms with Crippen LogP contribution in [0.2, 0.25) is 0 Å². The Hall–Kier alpha value is -2.16. The summed E-state index contributed by atoms with van der Waals surface area (Å²) in [7, 11) is -10.7. The van der Waals surface area contributed by atoms with Gasteiger partial charge in [0.05, 0.1) is 25.0 Å². The number of phosphoric acid groups is 2. The first-order valence-electron chi connectivity index (χ1n) is 12.2. The second kappa shape index (κ2) is 12.1. The predicted octanol–water partition coefficient (Wildman–Crippen LogP) is -1.69. The van der Waals surface area contributed by atoms with E-state index >= 15 is 0 Å². The summed E-state index contributed by atoms with van der Waals surface area (Å²) >= 11 is 0. The number of fused-ring (bicyclic) bond motifs is 1. The average molecular weight is 643 g/mol. The molecule has 0 radical (unpaired) electrons. The molecule has 2 aromatic heterocycles. The number of aliphatic hydroxyl groups is 4. The summed E-state index contributed by atoms with van der Waals surface area (Å²) in [5, 5.41) is 41.1. The normalized spacial score (nSPS) is 33.0. The van der Waals surface area contributed by atoms with Crippen LogP contribution >= 0.6 is 15.6 Å². The highest BCUT2D eigenvalue weighted by molar-refractivity contribution is 7.61. The molecular weight excluding hydrogens is 612 g/mol. The first kappa shape index (κ1) is 32.7. The van der Waals surface area contributed by atoms with Gasteiger partial charge in [0.15, 0.2) is 30.1 Å². The van der Waals surface area contributed by atoms with E-state index in [4.69, 9.17) is 19.9 Å². The smallest absolute Gasteiger partial charge is 0.454 e. The minimum absolute atomic E-state index is 0.0506. The van der Waals surface area contributed by atoms with Crippen LogP contribution in [0.1, 0.15) is 27.0 Å². The Morgan fingerprint density at radius 1 is 0.976 bits per heavy atom. The molecular formula is C20H31N5O15P2.